The minimum atomic E-state index is -0.868. The molecule has 1 atom stereocenters. The van der Waals surface area contributed by atoms with Crippen molar-refractivity contribution in [2.75, 3.05) is 0 Å². The molecular formula is C23H20N2O4S. The van der Waals surface area contributed by atoms with Gasteiger partial charge in [-0.15, -0.1) is 11.3 Å². The number of fused-ring (bicyclic) bond motifs is 1. The van der Waals surface area contributed by atoms with Crippen molar-refractivity contribution in [3.8, 4) is 10.4 Å². The van der Waals surface area contributed by atoms with E-state index in [9.17, 15) is 9.59 Å². The number of carbonyl (C=O) groups is 1. The first-order valence-electron chi connectivity index (χ1n) is 9.47. The van der Waals surface area contributed by atoms with Crippen LogP contribution in [0.25, 0.3) is 20.7 Å². The zero-order valence-corrected chi connectivity index (χ0v) is 17.1. The number of carbonyl (C=O) groups excluding carboxylic acids is 1. The van der Waals surface area contributed by atoms with Gasteiger partial charge in [0.15, 0.2) is 0 Å². The smallest absolute Gasteiger partial charge is 0.348 e. The number of hydrogen-bond donors (Lipinski definition) is 1. The molecule has 2 heterocycles. The molecular weight excluding hydrogens is 400 g/mol. The summed E-state index contributed by atoms with van der Waals surface area (Å²) in [4.78, 5) is 30.7. The third kappa shape index (κ3) is 4.17. The van der Waals surface area contributed by atoms with Gasteiger partial charge in [-0.2, -0.15) is 0 Å². The molecule has 0 bridgehead atoms. The number of benzene rings is 2. The Bertz CT molecular complexity index is 1230. The van der Waals surface area contributed by atoms with E-state index in [2.05, 4.69) is 4.98 Å². The minimum Gasteiger partial charge on any atom is -0.461 e. The number of aromatic nitrogens is 1. The maximum Gasteiger partial charge on any atom is 0.348 e. The molecule has 30 heavy (non-hydrogen) atoms. The molecule has 2 aromatic heterocycles. The summed E-state index contributed by atoms with van der Waals surface area (Å²) in [5.41, 5.74) is 8.30. The lowest BCUT2D eigenvalue weighted by Gasteiger charge is -2.09. The number of thiophene rings is 1. The molecule has 4 aromatic rings. The summed E-state index contributed by atoms with van der Waals surface area (Å²) in [6.07, 6.45) is -0.135. The van der Waals surface area contributed by atoms with Crippen LogP contribution in [-0.2, 0) is 16.1 Å². The fourth-order valence-corrected chi connectivity index (χ4v) is 4.35. The van der Waals surface area contributed by atoms with Crippen LogP contribution in [-0.4, -0.2) is 11.0 Å². The first-order valence-corrected chi connectivity index (χ1v) is 10.3. The Morgan fingerprint density at radius 2 is 1.80 bits per heavy atom. The molecule has 152 valence electrons. The maximum absolute atomic E-state index is 12.6. The number of nitrogens with zero attached hydrogens (tertiary/aromatic N) is 1. The Morgan fingerprint density at radius 3 is 2.50 bits per heavy atom. The predicted octanol–water partition coefficient (Wildman–Crippen LogP) is 4.36. The van der Waals surface area contributed by atoms with Gasteiger partial charge in [-0.25, -0.2) is 9.78 Å². The van der Waals surface area contributed by atoms with Gasteiger partial charge < -0.3 is 14.9 Å². The molecule has 0 aliphatic heterocycles. The number of rotatable bonds is 6. The zero-order valence-electron chi connectivity index (χ0n) is 16.3. The summed E-state index contributed by atoms with van der Waals surface area (Å²) in [5, 5.41) is 0.446. The summed E-state index contributed by atoms with van der Waals surface area (Å²) in [7, 11) is 0. The summed E-state index contributed by atoms with van der Waals surface area (Å²) < 4.78 is 10.6. The van der Waals surface area contributed by atoms with E-state index in [0.29, 0.717) is 10.2 Å². The van der Waals surface area contributed by atoms with Crippen LogP contribution in [0.1, 0.15) is 29.5 Å². The molecule has 0 amide bonds. The van der Waals surface area contributed by atoms with Crippen LogP contribution in [0.5, 0.6) is 0 Å². The topological polar surface area (TPSA) is 95.4 Å². The first kappa shape index (κ1) is 20.0. The van der Waals surface area contributed by atoms with E-state index in [4.69, 9.17) is 14.9 Å². The highest BCUT2D eigenvalue weighted by molar-refractivity contribution is 7.22. The Balaban J connectivity index is 1.54. The van der Waals surface area contributed by atoms with Gasteiger partial charge in [0.05, 0.1) is 12.5 Å². The molecule has 2 aromatic carbocycles. The van der Waals surface area contributed by atoms with Gasteiger partial charge in [-0.3, -0.25) is 4.79 Å². The normalized spacial score (nSPS) is 12.1. The first-order chi connectivity index (χ1) is 14.5. The van der Waals surface area contributed by atoms with Gasteiger partial charge >= 0.3 is 11.6 Å². The molecule has 7 heteroatoms. The number of aryl methyl sites for hydroxylation is 1. The highest BCUT2D eigenvalue weighted by Gasteiger charge is 2.22. The lowest BCUT2D eigenvalue weighted by Crippen LogP contribution is -2.20. The Hall–Kier alpha value is -3.29. The molecule has 0 spiro atoms. The van der Waals surface area contributed by atoms with E-state index in [-0.39, 0.29) is 18.9 Å². The van der Waals surface area contributed by atoms with Crippen LogP contribution in [0.15, 0.2) is 69.9 Å². The fraction of sp³-hybridized carbons (Fsp3) is 0.174. The molecule has 0 saturated heterocycles. The van der Waals surface area contributed by atoms with Crippen molar-refractivity contribution >= 4 is 27.5 Å². The monoisotopic (exact) mass is 420 g/mol. The third-order valence-electron chi connectivity index (χ3n) is 4.72. The van der Waals surface area contributed by atoms with Gasteiger partial charge in [0.1, 0.15) is 16.8 Å². The van der Waals surface area contributed by atoms with Crippen molar-refractivity contribution in [3.63, 3.8) is 0 Å². The van der Waals surface area contributed by atoms with E-state index in [0.717, 1.165) is 21.6 Å². The van der Waals surface area contributed by atoms with E-state index in [1.54, 1.807) is 0 Å². The lowest BCUT2D eigenvalue weighted by atomic mass is 10.1. The second-order valence-electron chi connectivity index (χ2n) is 6.90. The average molecular weight is 420 g/mol. The van der Waals surface area contributed by atoms with Gasteiger partial charge in [0.25, 0.3) is 0 Å². The van der Waals surface area contributed by atoms with Crippen LogP contribution in [0.4, 0.5) is 0 Å². The van der Waals surface area contributed by atoms with E-state index >= 15 is 0 Å². The molecule has 0 fully saturated rings. The van der Waals surface area contributed by atoms with Crippen molar-refractivity contribution < 1.29 is 13.9 Å². The molecule has 6 nitrogen and oxygen atoms in total. The van der Waals surface area contributed by atoms with Gasteiger partial charge in [-0.1, -0.05) is 60.7 Å². The summed E-state index contributed by atoms with van der Waals surface area (Å²) in [6.45, 7) is 2.04. The Labute approximate surface area is 176 Å². The molecule has 2 N–H and O–H groups in total. The molecule has 0 aliphatic carbocycles. The van der Waals surface area contributed by atoms with Crippen LogP contribution >= 0.6 is 11.3 Å². The quantitative estimate of drug-likeness (QED) is 0.466. The van der Waals surface area contributed by atoms with Gasteiger partial charge in [-0.05, 0) is 23.6 Å². The number of hydrogen-bond acceptors (Lipinski definition) is 7. The molecule has 0 saturated carbocycles. The average Bonchev–Trinajstić information content (AvgIpc) is 3.10. The lowest BCUT2D eigenvalue weighted by molar-refractivity contribution is -0.145. The Kier molecular flexibility index (Phi) is 5.74. The SMILES string of the molecule is Cc1c(-c2ccccc2)sc2nc(C(N)CC(=O)OCc3ccccc3)oc(=O)c12. The van der Waals surface area contributed by atoms with Crippen LogP contribution in [0, 0.1) is 6.92 Å². The summed E-state index contributed by atoms with van der Waals surface area (Å²) >= 11 is 1.41. The second-order valence-corrected chi connectivity index (χ2v) is 7.90. The minimum absolute atomic E-state index is 0.0324. The molecule has 1 unspecified atom stereocenters. The predicted molar refractivity (Wildman–Crippen MR) is 116 cm³/mol. The number of esters is 1. The van der Waals surface area contributed by atoms with Gasteiger partial charge in [0.2, 0.25) is 5.89 Å². The standard InChI is InChI=1S/C23H20N2O4S/c1-14-19-22(30-20(14)16-10-6-3-7-11-16)25-21(29-23(19)27)17(24)12-18(26)28-13-15-8-4-2-5-9-15/h2-11,17H,12-13,24H2,1H3. The maximum atomic E-state index is 12.6. The highest BCUT2D eigenvalue weighted by atomic mass is 32.1. The highest BCUT2D eigenvalue weighted by Crippen LogP contribution is 2.36. The second kappa shape index (κ2) is 8.61. The largest absolute Gasteiger partial charge is 0.461 e. The number of nitrogens with two attached hydrogens (primary N) is 1. The van der Waals surface area contributed by atoms with E-state index < -0.39 is 17.6 Å². The van der Waals surface area contributed by atoms with Crippen molar-refractivity contribution in [3.05, 3.63) is 88.1 Å². The van der Waals surface area contributed by atoms with E-state index in [1.807, 2.05) is 67.6 Å². The molecule has 0 aliphatic rings. The van der Waals surface area contributed by atoms with E-state index in [1.165, 1.54) is 11.3 Å². The summed E-state index contributed by atoms with van der Waals surface area (Å²) in [5.74, 6) is -0.451. The third-order valence-corrected chi connectivity index (χ3v) is 5.96. The Morgan fingerprint density at radius 1 is 1.13 bits per heavy atom. The molecule has 0 radical (unpaired) electrons. The fourth-order valence-electron chi connectivity index (χ4n) is 3.17. The van der Waals surface area contributed by atoms with Crippen LogP contribution in [0.2, 0.25) is 0 Å². The van der Waals surface area contributed by atoms with Crippen molar-refractivity contribution in [1.29, 1.82) is 0 Å². The van der Waals surface area contributed by atoms with Crippen molar-refractivity contribution in [2.45, 2.75) is 26.0 Å². The van der Waals surface area contributed by atoms with Gasteiger partial charge in [0, 0.05) is 4.88 Å². The van der Waals surface area contributed by atoms with Crippen LogP contribution < -0.4 is 11.4 Å². The van der Waals surface area contributed by atoms with Crippen molar-refractivity contribution in [2.24, 2.45) is 5.73 Å². The number of ether oxygens (including phenoxy) is 1. The zero-order chi connectivity index (χ0) is 21.1. The summed E-state index contributed by atoms with van der Waals surface area (Å²) in [6, 6.07) is 18.3. The molecule has 4 rings (SSSR count). The van der Waals surface area contributed by atoms with Crippen LogP contribution in [0.3, 0.4) is 0 Å². The van der Waals surface area contributed by atoms with Crippen molar-refractivity contribution in [1.82, 2.24) is 4.98 Å².